The van der Waals surface area contributed by atoms with Crippen LogP contribution in [0.2, 0.25) is 0 Å². The topological polar surface area (TPSA) is 44.7 Å². The predicted octanol–water partition coefficient (Wildman–Crippen LogP) is 4.73. The number of nitrogens with one attached hydrogen (secondary N) is 1. The molecule has 1 unspecified atom stereocenters. The summed E-state index contributed by atoms with van der Waals surface area (Å²) in [6.07, 6.45) is 0.959. The number of aliphatic imine (C=N–C) groups is 1. The van der Waals surface area contributed by atoms with Gasteiger partial charge in [0, 0.05) is 17.5 Å². The average molecular weight is 325 g/mol. The summed E-state index contributed by atoms with van der Waals surface area (Å²) in [7, 11) is 0. The average Bonchev–Trinajstić information content (AvgIpc) is 2.57. The fourth-order valence-corrected chi connectivity index (χ4v) is 3.61. The Morgan fingerprint density at radius 1 is 1.13 bits per heavy atom. The number of para-hydroxylation sites is 2. The third kappa shape index (κ3) is 3.93. The molecule has 2 aromatic carbocycles. The normalized spacial score (nSPS) is 19.6. The Balaban J connectivity index is 1.83. The first-order valence-corrected chi connectivity index (χ1v) is 8.64. The second kappa shape index (κ2) is 7.33. The van der Waals surface area contributed by atoms with E-state index >= 15 is 0 Å². The van der Waals surface area contributed by atoms with Crippen molar-refractivity contribution in [2.45, 2.75) is 19.4 Å². The van der Waals surface area contributed by atoms with Crippen LogP contribution in [0.5, 0.6) is 0 Å². The molecule has 1 heterocycles. The predicted molar refractivity (Wildman–Crippen MR) is 97.4 cm³/mol. The second-order valence-corrected chi connectivity index (χ2v) is 6.44. The Hall–Kier alpha value is -2.27. The van der Waals surface area contributed by atoms with Gasteiger partial charge in [0.15, 0.2) is 5.17 Å². The fraction of sp³-hybridized carbons (Fsp3) is 0.222. The van der Waals surface area contributed by atoms with Crippen LogP contribution < -0.4 is 5.32 Å². The standard InChI is InChI=1S/C18H19N3OS/c1-14-12-13-23-18(20-16-10-6-3-7-11-16)21(14)17(22)19-15-8-4-2-5-9-15/h2-11,14H,12-13H2,1H3,(H,19,22). The SMILES string of the molecule is CC1CCSC(=Nc2ccccc2)N1C(=O)Nc1ccccc1. The molecule has 0 bridgehead atoms. The quantitative estimate of drug-likeness (QED) is 0.867. The summed E-state index contributed by atoms with van der Waals surface area (Å²) in [6, 6.07) is 19.2. The molecule has 1 N–H and O–H groups in total. The molecule has 2 aromatic rings. The van der Waals surface area contributed by atoms with E-state index in [1.165, 1.54) is 0 Å². The van der Waals surface area contributed by atoms with E-state index < -0.39 is 0 Å². The van der Waals surface area contributed by atoms with E-state index in [-0.39, 0.29) is 12.1 Å². The molecule has 1 aliphatic rings. The van der Waals surface area contributed by atoms with E-state index in [4.69, 9.17) is 0 Å². The number of hydrogen-bond acceptors (Lipinski definition) is 3. The number of carbonyl (C=O) groups is 1. The van der Waals surface area contributed by atoms with E-state index in [0.29, 0.717) is 0 Å². The first-order valence-electron chi connectivity index (χ1n) is 7.66. The summed E-state index contributed by atoms with van der Waals surface area (Å²) < 4.78 is 0. The molecule has 5 heteroatoms. The van der Waals surface area contributed by atoms with Crippen LogP contribution >= 0.6 is 11.8 Å². The minimum Gasteiger partial charge on any atom is -0.307 e. The highest BCUT2D eigenvalue weighted by molar-refractivity contribution is 8.13. The van der Waals surface area contributed by atoms with Crippen LogP contribution in [0, 0.1) is 0 Å². The molecule has 4 nitrogen and oxygen atoms in total. The molecule has 0 saturated carbocycles. The van der Waals surface area contributed by atoms with Crippen molar-refractivity contribution < 1.29 is 4.79 Å². The molecule has 1 aliphatic heterocycles. The lowest BCUT2D eigenvalue weighted by molar-refractivity contribution is 0.223. The monoisotopic (exact) mass is 325 g/mol. The Morgan fingerprint density at radius 3 is 2.48 bits per heavy atom. The number of amidine groups is 1. The lowest BCUT2D eigenvalue weighted by Gasteiger charge is -2.33. The molecular formula is C18H19N3OS. The van der Waals surface area contributed by atoms with E-state index in [2.05, 4.69) is 17.2 Å². The van der Waals surface area contributed by atoms with Crippen LogP contribution in [0.1, 0.15) is 13.3 Å². The van der Waals surface area contributed by atoms with Crippen LogP contribution in [-0.4, -0.2) is 27.9 Å². The largest absolute Gasteiger partial charge is 0.328 e. The summed E-state index contributed by atoms with van der Waals surface area (Å²) in [4.78, 5) is 19.1. The molecule has 0 spiro atoms. The summed E-state index contributed by atoms with van der Waals surface area (Å²) in [5.41, 5.74) is 1.65. The lowest BCUT2D eigenvalue weighted by Crippen LogP contribution is -2.47. The van der Waals surface area contributed by atoms with Gasteiger partial charge in [-0.2, -0.15) is 0 Å². The molecule has 3 rings (SSSR count). The number of carbonyl (C=O) groups excluding carboxylic acids is 1. The van der Waals surface area contributed by atoms with Crippen molar-refractivity contribution in [1.29, 1.82) is 0 Å². The van der Waals surface area contributed by atoms with Gasteiger partial charge < -0.3 is 5.32 Å². The molecule has 1 atom stereocenters. The molecular weight excluding hydrogens is 306 g/mol. The van der Waals surface area contributed by atoms with Gasteiger partial charge in [0.2, 0.25) is 0 Å². The number of thioether (sulfide) groups is 1. The summed E-state index contributed by atoms with van der Waals surface area (Å²) in [5.74, 6) is 0.974. The third-order valence-corrected chi connectivity index (χ3v) is 4.62. The Bertz CT molecular complexity index is 688. The van der Waals surface area contributed by atoms with Crippen LogP contribution in [-0.2, 0) is 0 Å². The highest BCUT2D eigenvalue weighted by atomic mass is 32.2. The maximum Gasteiger partial charge on any atom is 0.328 e. The zero-order chi connectivity index (χ0) is 16.1. The number of urea groups is 1. The highest BCUT2D eigenvalue weighted by Gasteiger charge is 2.29. The third-order valence-electron chi connectivity index (χ3n) is 3.64. The van der Waals surface area contributed by atoms with Crippen LogP contribution in [0.15, 0.2) is 65.7 Å². The minimum atomic E-state index is -0.134. The second-order valence-electron chi connectivity index (χ2n) is 5.38. The van der Waals surface area contributed by atoms with E-state index in [9.17, 15) is 4.79 Å². The fourth-order valence-electron chi connectivity index (χ4n) is 2.40. The first kappa shape index (κ1) is 15.6. The smallest absolute Gasteiger partial charge is 0.307 e. The molecule has 1 saturated heterocycles. The van der Waals surface area contributed by atoms with E-state index in [0.717, 1.165) is 28.7 Å². The molecule has 0 aliphatic carbocycles. The minimum absolute atomic E-state index is 0.127. The molecule has 118 valence electrons. The number of amides is 2. The molecule has 0 aromatic heterocycles. The maximum absolute atomic E-state index is 12.7. The van der Waals surface area contributed by atoms with Gasteiger partial charge in [-0.05, 0) is 37.6 Å². The number of rotatable bonds is 2. The van der Waals surface area contributed by atoms with Gasteiger partial charge in [0.05, 0.1) is 5.69 Å². The van der Waals surface area contributed by atoms with Crippen LogP contribution in [0.4, 0.5) is 16.2 Å². The number of nitrogens with zero attached hydrogens (tertiary/aromatic N) is 2. The Kier molecular flexibility index (Phi) is 4.98. The van der Waals surface area contributed by atoms with Crippen molar-refractivity contribution in [1.82, 2.24) is 4.90 Å². The van der Waals surface area contributed by atoms with Crippen molar-refractivity contribution >= 4 is 34.3 Å². The summed E-state index contributed by atoms with van der Waals surface area (Å²) >= 11 is 1.62. The van der Waals surface area contributed by atoms with Crippen LogP contribution in [0.25, 0.3) is 0 Å². The van der Waals surface area contributed by atoms with Gasteiger partial charge in [-0.15, -0.1) is 0 Å². The molecule has 23 heavy (non-hydrogen) atoms. The van der Waals surface area contributed by atoms with Crippen molar-refractivity contribution in [3.05, 3.63) is 60.7 Å². The van der Waals surface area contributed by atoms with Gasteiger partial charge in [-0.3, -0.25) is 4.90 Å². The number of anilines is 1. The number of hydrogen-bond donors (Lipinski definition) is 1. The first-order chi connectivity index (χ1) is 11.2. The zero-order valence-electron chi connectivity index (χ0n) is 13.0. The summed E-state index contributed by atoms with van der Waals surface area (Å²) in [5, 5.41) is 3.70. The van der Waals surface area contributed by atoms with E-state index in [1.54, 1.807) is 16.7 Å². The molecule has 2 amide bonds. The van der Waals surface area contributed by atoms with Crippen molar-refractivity contribution in [3.8, 4) is 0 Å². The number of benzene rings is 2. The zero-order valence-corrected chi connectivity index (χ0v) is 13.8. The van der Waals surface area contributed by atoms with E-state index in [1.807, 2.05) is 60.7 Å². The van der Waals surface area contributed by atoms with Gasteiger partial charge in [0.1, 0.15) is 0 Å². The summed E-state index contributed by atoms with van der Waals surface area (Å²) in [6.45, 7) is 2.06. The van der Waals surface area contributed by atoms with Gasteiger partial charge in [-0.1, -0.05) is 48.2 Å². The van der Waals surface area contributed by atoms with Gasteiger partial charge in [-0.25, -0.2) is 9.79 Å². The Morgan fingerprint density at radius 2 is 1.78 bits per heavy atom. The molecule has 1 fully saturated rings. The van der Waals surface area contributed by atoms with Crippen molar-refractivity contribution in [3.63, 3.8) is 0 Å². The Labute approximate surface area is 140 Å². The lowest BCUT2D eigenvalue weighted by atomic mass is 10.2. The maximum atomic E-state index is 12.7. The van der Waals surface area contributed by atoms with Crippen molar-refractivity contribution in [2.24, 2.45) is 4.99 Å². The molecule has 0 radical (unpaired) electrons. The van der Waals surface area contributed by atoms with Crippen molar-refractivity contribution in [2.75, 3.05) is 11.1 Å². The van der Waals surface area contributed by atoms with Gasteiger partial charge in [0.25, 0.3) is 0 Å². The van der Waals surface area contributed by atoms with Crippen LogP contribution in [0.3, 0.4) is 0 Å². The highest BCUT2D eigenvalue weighted by Crippen LogP contribution is 2.26. The van der Waals surface area contributed by atoms with Gasteiger partial charge >= 0.3 is 6.03 Å².